The van der Waals surface area contributed by atoms with Crippen molar-refractivity contribution in [3.63, 3.8) is 0 Å². The Morgan fingerprint density at radius 3 is 2.95 bits per heavy atom. The lowest BCUT2D eigenvalue weighted by Gasteiger charge is -2.07. The van der Waals surface area contributed by atoms with Crippen molar-refractivity contribution in [2.24, 2.45) is 5.92 Å². The van der Waals surface area contributed by atoms with E-state index in [1.54, 1.807) is 11.8 Å². The minimum Gasteiger partial charge on any atom is -0.338 e. The molecule has 0 spiro atoms. The van der Waals surface area contributed by atoms with Crippen molar-refractivity contribution in [1.29, 1.82) is 0 Å². The van der Waals surface area contributed by atoms with Gasteiger partial charge in [-0.25, -0.2) is 8.42 Å². The molecule has 0 saturated carbocycles. The lowest BCUT2D eigenvalue weighted by Crippen LogP contribution is -2.29. The SMILES string of the molecule is CC(C)CSCc1noc(CNC2CCS(=O)(=O)C2)n1. The molecule has 0 radical (unpaired) electrons. The average molecular weight is 319 g/mol. The second-order valence-corrected chi connectivity index (χ2v) is 8.75. The zero-order valence-electron chi connectivity index (χ0n) is 11.8. The van der Waals surface area contributed by atoms with Gasteiger partial charge in [0.2, 0.25) is 5.89 Å². The van der Waals surface area contributed by atoms with Crippen molar-refractivity contribution >= 4 is 21.6 Å². The zero-order chi connectivity index (χ0) is 14.6. The normalized spacial score (nSPS) is 21.6. The van der Waals surface area contributed by atoms with Crippen LogP contribution in [-0.4, -0.2) is 41.9 Å². The summed E-state index contributed by atoms with van der Waals surface area (Å²) in [5.41, 5.74) is 0. The fourth-order valence-corrected chi connectivity index (χ4v) is 4.59. The molecule has 0 aliphatic carbocycles. The van der Waals surface area contributed by atoms with Crippen LogP contribution in [0.25, 0.3) is 0 Å². The number of sulfone groups is 1. The van der Waals surface area contributed by atoms with Gasteiger partial charge in [-0.15, -0.1) is 0 Å². The zero-order valence-corrected chi connectivity index (χ0v) is 13.5. The predicted octanol–water partition coefficient (Wildman–Crippen LogP) is 1.24. The highest BCUT2D eigenvalue weighted by Gasteiger charge is 2.27. The summed E-state index contributed by atoms with van der Waals surface area (Å²) in [5.74, 6) is 4.17. The standard InChI is InChI=1S/C12H21N3O3S2/c1-9(2)6-19-7-11-14-12(18-15-11)5-13-10-3-4-20(16,17)8-10/h9-10,13H,3-8H2,1-2H3. The van der Waals surface area contributed by atoms with E-state index in [9.17, 15) is 8.42 Å². The van der Waals surface area contributed by atoms with Crippen LogP contribution in [0, 0.1) is 5.92 Å². The molecule has 0 amide bonds. The first-order valence-electron chi connectivity index (χ1n) is 6.77. The first-order valence-corrected chi connectivity index (χ1v) is 9.75. The number of hydrogen-bond donors (Lipinski definition) is 1. The van der Waals surface area contributed by atoms with E-state index in [1.165, 1.54) is 0 Å². The van der Waals surface area contributed by atoms with Crippen molar-refractivity contribution in [2.45, 2.75) is 38.6 Å². The lowest BCUT2D eigenvalue weighted by atomic mass is 10.3. The van der Waals surface area contributed by atoms with Crippen molar-refractivity contribution in [3.8, 4) is 0 Å². The fourth-order valence-electron chi connectivity index (χ4n) is 1.99. The van der Waals surface area contributed by atoms with Gasteiger partial charge in [-0.05, 0) is 18.1 Å². The van der Waals surface area contributed by atoms with Gasteiger partial charge < -0.3 is 9.84 Å². The number of nitrogens with one attached hydrogen (secondary N) is 1. The molecule has 0 bridgehead atoms. The molecule has 8 heteroatoms. The van der Waals surface area contributed by atoms with E-state index in [-0.39, 0.29) is 17.5 Å². The summed E-state index contributed by atoms with van der Waals surface area (Å²) < 4.78 is 27.8. The number of aromatic nitrogens is 2. The highest BCUT2D eigenvalue weighted by Crippen LogP contribution is 2.14. The quantitative estimate of drug-likeness (QED) is 0.809. The van der Waals surface area contributed by atoms with Gasteiger partial charge in [0.25, 0.3) is 0 Å². The Kier molecular flexibility index (Phi) is 5.45. The maximum atomic E-state index is 11.3. The molecule has 0 aromatic carbocycles. The van der Waals surface area contributed by atoms with Gasteiger partial charge in [0.1, 0.15) is 0 Å². The summed E-state index contributed by atoms with van der Waals surface area (Å²) in [7, 11) is -2.85. The summed E-state index contributed by atoms with van der Waals surface area (Å²) in [4.78, 5) is 4.29. The van der Waals surface area contributed by atoms with Crippen molar-refractivity contribution in [3.05, 3.63) is 11.7 Å². The third-order valence-electron chi connectivity index (χ3n) is 2.97. The summed E-state index contributed by atoms with van der Waals surface area (Å²) in [6.45, 7) is 4.78. The smallest absolute Gasteiger partial charge is 0.240 e. The van der Waals surface area contributed by atoms with Crippen LogP contribution in [-0.2, 0) is 22.1 Å². The van der Waals surface area contributed by atoms with Crippen molar-refractivity contribution in [1.82, 2.24) is 15.5 Å². The van der Waals surface area contributed by atoms with E-state index in [0.717, 1.165) is 11.5 Å². The Bertz CT molecular complexity index is 528. The summed E-state index contributed by atoms with van der Waals surface area (Å²) in [6, 6.07) is 0.00525. The Morgan fingerprint density at radius 2 is 2.30 bits per heavy atom. The molecule has 1 saturated heterocycles. The Labute approximate surface area is 124 Å². The summed E-state index contributed by atoms with van der Waals surface area (Å²) >= 11 is 1.79. The number of thioether (sulfide) groups is 1. The number of rotatable bonds is 7. The molecule has 1 aromatic heterocycles. The number of hydrogen-bond acceptors (Lipinski definition) is 7. The Hall–Kier alpha value is -0.600. The molecule has 1 atom stereocenters. The van der Waals surface area contributed by atoms with E-state index in [0.29, 0.717) is 30.6 Å². The molecule has 6 nitrogen and oxygen atoms in total. The monoisotopic (exact) mass is 319 g/mol. The molecule has 2 rings (SSSR count). The summed E-state index contributed by atoms with van der Waals surface area (Å²) in [5, 5.41) is 7.08. The molecule has 1 aliphatic rings. The first kappa shape index (κ1) is 15.8. The van der Waals surface area contributed by atoms with Gasteiger partial charge in [0.05, 0.1) is 23.8 Å². The molecular formula is C12H21N3O3S2. The maximum absolute atomic E-state index is 11.3. The highest BCUT2D eigenvalue weighted by atomic mass is 32.2. The van der Waals surface area contributed by atoms with Crippen molar-refractivity contribution < 1.29 is 12.9 Å². The minimum absolute atomic E-state index is 0.00525. The molecule has 2 heterocycles. The minimum atomic E-state index is -2.85. The van der Waals surface area contributed by atoms with Crippen LogP contribution in [0.15, 0.2) is 4.52 Å². The van der Waals surface area contributed by atoms with Crippen LogP contribution in [0.3, 0.4) is 0 Å². The second-order valence-electron chi connectivity index (χ2n) is 5.49. The lowest BCUT2D eigenvalue weighted by molar-refractivity contribution is 0.357. The first-order chi connectivity index (χ1) is 9.44. The predicted molar refractivity (Wildman–Crippen MR) is 79.2 cm³/mol. The van der Waals surface area contributed by atoms with Crippen LogP contribution >= 0.6 is 11.8 Å². The van der Waals surface area contributed by atoms with Gasteiger partial charge in [-0.1, -0.05) is 19.0 Å². The van der Waals surface area contributed by atoms with Crippen LogP contribution in [0.5, 0.6) is 0 Å². The second kappa shape index (κ2) is 6.91. The van der Waals surface area contributed by atoms with Gasteiger partial charge in [-0.2, -0.15) is 16.7 Å². The van der Waals surface area contributed by atoms with Gasteiger partial charge in [0, 0.05) is 6.04 Å². The van der Waals surface area contributed by atoms with Gasteiger partial charge >= 0.3 is 0 Å². The Morgan fingerprint density at radius 1 is 1.50 bits per heavy atom. The van der Waals surface area contributed by atoms with E-state index >= 15 is 0 Å². The molecule has 1 fully saturated rings. The molecule has 1 aromatic rings. The van der Waals surface area contributed by atoms with Crippen molar-refractivity contribution in [2.75, 3.05) is 17.3 Å². The number of nitrogens with zero attached hydrogens (tertiary/aromatic N) is 2. The molecule has 1 aliphatic heterocycles. The largest absolute Gasteiger partial charge is 0.338 e. The Balaban J connectivity index is 1.73. The third kappa shape index (κ3) is 5.06. The van der Waals surface area contributed by atoms with Crippen LogP contribution < -0.4 is 5.32 Å². The van der Waals surface area contributed by atoms with E-state index in [1.807, 2.05) is 0 Å². The van der Waals surface area contributed by atoms with Crippen LogP contribution in [0.1, 0.15) is 32.0 Å². The molecule has 1 N–H and O–H groups in total. The van der Waals surface area contributed by atoms with E-state index in [2.05, 4.69) is 29.3 Å². The van der Waals surface area contributed by atoms with Gasteiger partial charge in [0.15, 0.2) is 15.7 Å². The topological polar surface area (TPSA) is 85.1 Å². The fraction of sp³-hybridized carbons (Fsp3) is 0.833. The molecular weight excluding hydrogens is 298 g/mol. The molecule has 114 valence electrons. The molecule has 20 heavy (non-hydrogen) atoms. The third-order valence-corrected chi connectivity index (χ3v) is 6.10. The highest BCUT2D eigenvalue weighted by molar-refractivity contribution is 7.98. The summed E-state index contributed by atoms with van der Waals surface area (Å²) in [6.07, 6.45) is 0.660. The maximum Gasteiger partial charge on any atom is 0.240 e. The van der Waals surface area contributed by atoms with Crippen LogP contribution in [0.2, 0.25) is 0 Å². The average Bonchev–Trinajstić information content (AvgIpc) is 2.93. The molecule has 1 unspecified atom stereocenters. The van der Waals surface area contributed by atoms with Gasteiger partial charge in [-0.3, -0.25) is 0 Å². The van der Waals surface area contributed by atoms with E-state index < -0.39 is 9.84 Å². The van der Waals surface area contributed by atoms with E-state index in [4.69, 9.17) is 4.52 Å². The van der Waals surface area contributed by atoms with Crippen LogP contribution in [0.4, 0.5) is 0 Å².